The van der Waals surface area contributed by atoms with Gasteiger partial charge in [-0.1, -0.05) is 27.7 Å². The van der Waals surface area contributed by atoms with Crippen LogP contribution in [0.4, 0.5) is 0 Å². The molecule has 0 aliphatic heterocycles. The lowest BCUT2D eigenvalue weighted by Crippen LogP contribution is -2.48. The normalized spacial score (nSPS) is 13.3. The van der Waals surface area contributed by atoms with Gasteiger partial charge in [0.05, 0.1) is 6.04 Å². The summed E-state index contributed by atoms with van der Waals surface area (Å²) in [6, 6.07) is -0.0461. The van der Waals surface area contributed by atoms with Gasteiger partial charge >= 0.3 is 0 Å². The number of nitrogens with two attached hydrogens (primary N) is 1. The largest absolute Gasteiger partial charge is 0.338 e. The third-order valence-electron chi connectivity index (χ3n) is 2.62. The highest BCUT2D eigenvalue weighted by atomic mass is 16.2. The SMILES string of the molecule is CCC(CC)N(CC(C)C)C(=O)[C@@H](C)N. The van der Waals surface area contributed by atoms with Crippen molar-refractivity contribution in [2.45, 2.75) is 59.5 Å². The van der Waals surface area contributed by atoms with E-state index in [4.69, 9.17) is 5.73 Å². The fourth-order valence-corrected chi connectivity index (χ4v) is 1.80. The van der Waals surface area contributed by atoms with Crippen LogP contribution in [0.2, 0.25) is 0 Å². The summed E-state index contributed by atoms with van der Waals surface area (Å²) in [6.45, 7) is 11.1. The minimum atomic E-state index is -0.385. The van der Waals surface area contributed by atoms with Crippen LogP contribution in [0.1, 0.15) is 47.5 Å². The van der Waals surface area contributed by atoms with Crippen molar-refractivity contribution in [3.05, 3.63) is 0 Å². The van der Waals surface area contributed by atoms with Crippen molar-refractivity contribution in [1.29, 1.82) is 0 Å². The highest BCUT2D eigenvalue weighted by Crippen LogP contribution is 2.12. The first-order valence-electron chi connectivity index (χ1n) is 6.00. The monoisotopic (exact) mass is 214 g/mol. The van der Waals surface area contributed by atoms with Crippen LogP contribution in [-0.2, 0) is 4.79 Å². The lowest BCUT2D eigenvalue weighted by atomic mass is 10.1. The van der Waals surface area contributed by atoms with Gasteiger partial charge < -0.3 is 10.6 Å². The molecule has 0 fully saturated rings. The average molecular weight is 214 g/mol. The topological polar surface area (TPSA) is 46.3 Å². The van der Waals surface area contributed by atoms with Crippen molar-refractivity contribution in [2.75, 3.05) is 6.54 Å². The predicted molar refractivity (Wildman–Crippen MR) is 64.6 cm³/mol. The van der Waals surface area contributed by atoms with E-state index in [9.17, 15) is 4.79 Å². The van der Waals surface area contributed by atoms with E-state index in [1.165, 1.54) is 0 Å². The van der Waals surface area contributed by atoms with E-state index in [1.807, 2.05) is 4.90 Å². The Morgan fingerprint density at radius 3 is 1.93 bits per heavy atom. The fraction of sp³-hybridized carbons (Fsp3) is 0.917. The number of rotatable bonds is 6. The number of hydrogen-bond acceptors (Lipinski definition) is 2. The van der Waals surface area contributed by atoms with E-state index in [1.54, 1.807) is 6.92 Å². The molecule has 15 heavy (non-hydrogen) atoms. The number of nitrogens with zero attached hydrogens (tertiary/aromatic N) is 1. The molecule has 2 N–H and O–H groups in total. The Bertz CT molecular complexity index is 186. The minimum absolute atomic E-state index is 0.0809. The standard InChI is InChI=1S/C12H26N2O/c1-6-11(7-2)14(8-9(3)4)12(15)10(5)13/h9-11H,6-8,13H2,1-5H3/t10-/m1/s1. The van der Waals surface area contributed by atoms with Gasteiger partial charge in [0.25, 0.3) is 0 Å². The van der Waals surface area contributed by atoms with Gasteiger partial charge in [-0.3, -0.25) is 4.79 Å². The molecule has 3 nitrogen and oxygen atoms in total. The van der Waals surface area contributed by atoms with Gasteiger partial charge in [-0.25, -0.2) is 0 Å². The number of carbonyl (C=O) groups excluding carboxylic acids is 1. The van der Waals surface area contributed by atoms with Crippen LogP contribution in [-0.4, -0.2) is 29.4 Å². The van der Waals surface area contributed by atoms with E-state index in [0.717, 1.165) is 19.4 Å². The summed E-state index contributed by atoms with van der Waals surface area (Å²) >= 11 is 0. The molecule has 0 rings (SSSR count). The molecule has 1 atom stereocenters. The molecule has 0 radical (unpaired) electrons. The molecule has 3 heteroatoms. The van der Waals surface area contributed by atoms with Crippen molar-refractivity contribution < 1.29 is 4.79 Å². The molecule has 0 aliphatic rings. The van der Waals surface area contributed by atoms with E-state index in [-0.39, 0.29) is 11.9 Å². The zero-order valence-electron chi connectivity index (χ0n) is 10.8. The lowest BCUT2D eigenvalue weighted by molar-refractivity contribution is -0.135. The van der Waals surface area contributed by atoms with E-state index in [0.29, 0.717) is 12.0 Å². The third kappa shape index (κ3) is 4.65. The van der Waals surface area contributed by atoms with Crippen molar-refractivity contribution in [1.82, 2.24) is 4.90 Å². The van der Waals surface area contributed by atoms with Crippen LogP contribution in [0.25, 0.3) is 0 Å². The van der Waals surface area contributed by atoms with E-state index >= 15 is 0 Å². The third-order valence-corrected chi connectivity index (χ3v) is 2.62. The Hall–Kier alpha value is -0.570. The zero-order chi connectivity index (χ0) is 12.0. The zero-order valence-corrected chi connectivity index (χ0v) is 10.8. The van der Waals surface area contributed by atoms with Gasteiger partial charge in [0.15, 0.2) is 0 Å². The van der Waals surface area contributed by atoms with Crippen LogP contribution >= 0.6 is 0 Å². The van der Waals surface area contributed by atoms with Gasteiger partial charge in [-0.15, -0.1) is 0 Å². The summed E-state index contributed by atoms with van der Waals surface area (Å²) in [7, 11) is 0. The molecule has 90 valence electrons. The highest BCUT2D eigenvalue weighted by molar-refractivity contribution is 5.81. The predicted octanol–water partition coefficient (Wildman–Crippen LogP) is 2.01. The second-order valence-electron chi connectivity index (χ2n) is 4.64. The summed E-state index contributed by atoms with van der Waals surface area (Å²) in [6.07, 6.45) is 2.00. The first-order valence-corrected chi connectivity index (χ1v) is 6.00. The Morgan fingerprint density at radius 2 is 1.67 bits per heavy atom. The minimum Gasteiger partial charge on any atom is -0.338 e. The van der Waals surface area contributed by atoms with Crippen LogP contribution in [0.5, 0.6) is 0 Å². The molecule has 0 spiro atoms. The van der Waals surface area contributed by atoms with Crippen molar-refractivity contribution >= 4 is 5.91 Å². The first-order chi connectivity index (χ1) is 6.93. The van der Waals surface area contributed by atoms with Crippen LogP contribution < -0.4 is 5.73 Å². The number of carbonyl (C=O) groups is 1. The number of hydrogen-bond donors (Lipinski definition) is 1. The van der Waals surface area contributed by atoms with E-state index < -0.39 is 0 Å². The molecule has 0 aliphatic carbocycles. The molecule has 0 aromatic carbocycles. The second kappa shape index (κ2) is 6.83. The Labute approximate surface area is 94.0 Å². The van der Waals surface area contributed by atoms with Crippen molar-refractivity contribution in [3.8, 4) is 0 Å². The summed E-state index contributed by atoms with van der Waals surface area (Å²) in [5, 5.41) is 0. The van der Waals surface area contributed by atoms with Gasteiger partial charge in [0, 0.05) is 12.6 Å². The van der Waals surface area contributed by atoms with E-state index in [2.05, 4.69) is 27.7 Å². The van der Waals surface area contributed by atoms with Gasteiger partial charge in [0.1, 0.15) is 0 Å². The average Bonchev–Trinajstić information content (AvgIpc) is 2.16. The van der Waals surface area contributed by atoms with Gasteiger partial charge in [-0.05, 0) is 25.7 Å². The molecule has 0 aromatic rings. The lowest BCUT2D eigenvalue weighted by Gasteiger charge is -2.33. The summed E-state index contributed by atoms with van der Waals surface area (Å²) in [5.41, 5.74) is 5.67. The molecular formula is C12H26N2O. The maximum atomic E-state index is 11.9. The van der Waals surface area contributed by atoms with Crippen molar-refractivity contribution in [3.63, 3.8) is 0 Å². The fourth-order valence-electron chi connectivity index (χ4n) is 1.80. The Kier molecular flexibility index (Phi) is 6.57. The van der Waals surface area contributed by atoms with Gasteiger partial charge in [-0.2, -0.15) is 0 Å². The maximum Gasteiger partial charge on any atom is 0.239 e. The quantitative estimate of drug-likeness (QED) is 0.735. The van der Waals surface area contributed by atoms with Crippen molar-refractivity contribution in [2.24, 2.45) is 11.7 Å². The molecular weight excluding hydrogens is 188 g/mol. The molecule has 0 saturated heterocycles. The van der Waals surface area contributed by atoms with Crippen LogP contribution in [0, 0.1) is 5.92 Å². The molecule has 0 saturated carbocycles. The second-order valence-corrected chi connectivity index (χ2v) is 4.64. The Morgan fingerprint density at radius 1 is 1.20 bits per heavy atom. The van der Waals surface area contributed by atoms with Crippen LogP contribution in [0.15, 0.2) is 0 Å². The maximum absolute atomic E-state index is 11.9. The molecule has 0 bridgehead atoms. The molecule has 0 heterocycles. The van der Waals surface area contributed by atoms with Gasteiger partial charge in [0.2, 0.25) is 5.91 Å². The molecule has 1 amide bonds. The summed E-state index contributed by atoms with van der Waals surface area (Å²) in [5.74, 6) is 0.575. The molecule has 0 aromatic heterocycles. The summed E-state index contributed by atoms with van der Waals surface area (Å²) in [4.78, 5) is 13.9. The van der Waals surface area contributed by atoms with Crippen LogP contribution in [0.3, 0.4) is 0 Å². The molecule has 0 unspecified atom stereocenters. The Balaban J connectivity index is 4.62. The summed E-state index contributed by atoms with van der Waals surface area (Å²) < 4.78 is 0. The number of amides is 1. The smallest absolute Gasteiger partial charge is 0.239 e. The highest BCUT2D eigenvalue weighted by Gasteiger charge is 2.23. The first kappa shape index (κ1) is 14.4.